The summed E-state index contributed by atoms with van der Waals surface area (Å²) in [6, 6.07) is 1.31. The fourth-order valence-corrected chi connectivity index (χ4v) is 4.82. The Labute approximate surface area is 76.9 Å². The monoisotopic (exact) mass is 206 g/mol. The highest BCUT2D eigenvalue weighted by Crippen LogP contribution is 1.99. The molecule has 0 heterocycles. The van der Waals surface area contributed by atoms with Crippen LogP contribution in [0.25, 0.3) is 0 Å². The predicted octanol–water partition coefficient (Wildman–Crippen LogP) is -0.843. The topological polar surface area (TPSA) is 18.5 Å². The largest absolute Gasteiger partial charge is 0.449 e. The van der Waals surface area contributed by atoms with Crippen molar-refractivity contribution in [2.75, 3.05) is 0 Å². The average Bonchev–Trinajstić information content (AvgIpc) is 2.03. The number of rotatable bonds is 8. The van der Waals surface area contributed by atoms with Gasteiger partial charge in [0, 0.05) is 0 Å². The first kappa shape index (κ1) is 11.3. The highest BCUT2D eigenvalue weighted by Gasteiger charge is 1.89. The predicted molar refractivity (Wildman–Crippen MR) is 58.1 cm³/mol. The van der Waals surface area contributed by atoms with Crippen LogP contribution in [0.15, 0.2) is 12.7 Å². The zero-order valence-electron chi connectivity index (χ0n) is 7.34. The lowest BCUT2D eigenvalue weighted by Crippen LogP contribution is -2.05. The van der Waals surface area contributed by atoms with Gasteiger partial charge in [-0.2, -0.15) is 0 Å². The fraction of sp³-hybridized carbons (Fsp3) is 0.667. The van der Waals surface area contributed by atoms with E-state index in [0.29, 0.717) is 0 Å². The van der Waals surface area contributed by atoms with Crippen molar-refractivity contribution in [3.8, 4) is 0 Å². The van der Waals surface area contributed by atoms with Crippen LogP contribution in [-0.2, 0) is 8.23 Å². The molecule has 66 valence electrons. The first-order valence-electron chi connectivity index (χ1n) is 4.09. The molecule has 0 aliphatic rings. The Morgan fingerprint density at radius 1 is 1.45 bits per heavy atom. The molecule has 0 aromatic carbocycles. The van der Waals surface area contributed by atoms with Crippen LogP contribution in [0, 0.1) is 0 Å². The van der Waals surface area contributed by atoms with Crippen LogP contribution in [0.1, 0.15) is 19.3 Å². The Kier molecular flexibility index (Phi) is 10.6. The van der Waals surface area contributed by atoms with E-state index < -0.39 is 10.0 Å². The summed E-state index contributed by atoms with van der Waals surface area (Å²) >= 11 is 0. The number of hydrogen-bond donors (Lipinski definition) is 0. The lowest BCUT2D eigenvalue weighted by molar-refractivity contribution is 0.500. The minimum Gasteiger partial charge on any atom is -0.449 e. The lowest BCUT2D eigenvalue weighted by Gasteiger charge is -2.00. The molecule has 0 aliphatic carbocycles. The van der Waals surface area contributed by atoms with Crippen molar-refractivity contribution in [3.63, 3.8) is 0 Å². The maximum atomic E-state index is 5.43. The van der Waals surface area contributed by atoms with Gasteiger partial charge in [-0.3, -0.25) is 0 Å². The van der Waals surface area contributed by atoms with Gasteiger partial charge in [0.25, 0.3) is 10.0 Å². The van der Waals surface area contributed by atoms with Gasteiger partial charge in [-0.1, -0.05) is 18.9 Å². The van der Waals surface area contributed by atoms with Crippen molar-refractivity contribution in [1.82, 2.24) is 0 Å². The van der Waals surface area contributed by atoms with Crippen molar-refractivity contribution in [3.05, 3.63) is 12.7 Å². The Hall–Kier alpha value is 0.311. The van der Waals surface area contributed by atoms with Gasteiger partial charge in [0.15, 0.2) is 0 Å². The molecule has 0 aliphatic heterocycles. The highest BCUT2D eigenvalue weighted by atomic mass is 28.3. The summed E-state index contributed by atoms with van der Waals surface area (Å²) in [4.78, 5) is 0. The maximum absolute atomic E-state index is 5.43. The van der Waals surface area contributed by atoms with Crippen LogP contribution in [0.2, 0.25) is 6.04 Å². The molecule has 0 bridgehead atoms. The SMILES string of the molecule is C=CCCCC[SiH2]O[SiH2]O[SiH3]. The van der Waals surface area contributed by atoms with Crippen molar-refractivity contribution in [2.45, 2.75) is 25.3 Å². The second kappa shape index (κ2) is 10.3. The van der Waals surface area contributed by atoms with E-state index in [-0.39, 0.29) is 9.76 Å². The standard InChI is InChI=1S/C6H18O2Si3/c1-2-3-4-5-6-10-8-11-7-9/h2H,1,3-6,10-11H2,9H3. The van der Waals surface area contributed by atoms with Gasteiger partial charge in [-0.25, -0.2) is 0 Å². The molecular formula is C6H18O2Si3. The molecular weight excluding hydrogens is 188 g/mol. The molecule has 5 heteroatoms. The van der Waals surface area contributed by atoms with E-state index >= 15 is 0 Å². The van der Waals surface area contributed by atoms with Crippen molar-refractivity contribution < 1.29 is 8.23 Å². The Morgan fingerprint density at radius 3 is 2.91 bits per heavy atom. The molecule has 0 aromatic rings. The van der Waals surface area contributed by atoms with E-state index in [9.17, 15) is 0 Å². The molecule has 0 unspecified atom stereocenters. The Bertz CT molecular complexity index is 89.9. The molecule has 0 saturated heterocycles. The summed E-state index contributed by atoms with van der Waals surface area (Å²) < 4.78 is 10.5. The van der Waals surface area contributed by atoms with Gasteiger partial charge in [-0.15, -0.1) is 6.58 Å². The smallest absolute Gasteiger partial charge is 0.282 e. The molecule has 0 atom stereocenters. The maximum Gasteiger partial charge on any atom is 0.282 e. The molecule has 0 aromatic heterocycles. The number of allylic oxidation sites excluding steroid dienone is 1. The summed E-state index contributed by atoms with van der Waals surface area (Å²) in [6.07, 6.45) is 5.73. The van der Waals surface area contributed by atoms with Gasteiger partial charge in [-0.05, 0) is 12.5 Å². The van der Waals surface area contributed by atoms with Crippen LogP contribution in [0.3, 0.4) is 0 Å². The van der Waals surface area contributed by atoms with E-state index in [4.69, 9.17) is 8.23 Å². The normalized spacial score (nSPS) is 12.4. The van der Waals surface area contributed by atoms with Gasteiger partial charge < -0.3 is 8.23 Å². The zero-order valence-corrected chi connectivity index (χ0v) is 12.2. The molecule has 0 fully saturated rings. The van der Waals surface area contributed by atoms with E-state index in [2.05, 4.69) is 6.58 Å². The number of unbranched alkanes of at least 4 members (excludes halogenated alkanes) is 2. The minimum absolute atomic E-state index is 0.203. The second-order valence-electron chi connectivity index (χ2n) is 2.45. The number of hydrogen-bond acceptors (Lipinski definition) is 2. The lowest BCUT2D eigenvalue weighted by atomic mass is 10.2. The second-order valence-corrected chi connectivity index (χ2v) is 7.75. The van der Waals surface area contributed by atoms with Crippen molar-refractivity contribution in [2.24, 2.45) is 0 Å². The third-order valence-corrected chi connectivity index (χ3v) is 4.95. The van der Waals surface area contributed by atoms with Gasteiger partial charge in [0.05, 0.1) is 0 Å². The van der Waals surface area contributed by atoms with Gasteiger partial charge in [0.2, 0.25) is 0 Å². The zero-order chi connectivity index (χ0) is 8.36. The molecule has 0 rings (SSSR count). The summed E-state index contributed by atoms with van der Waals surface area (Å²) in [5.41, 5.74) is 0. The van der Waals surface area contributed by atoms with Crippen LogP contribution < -0.4 is 0 Å². The van der Waals surface area contributed by atoms with E-state index in [0.717, 1.165) is 16.9 Å². The molecule has 2 nitrogen and oxygen atoms in total. The van der Waals surface area contributed by atoms with E-state index in [1.165, 1.54) is 18.9 Å². The van der Waals surface area contributed by atoms with Gasteiger partial charge >= 0.3 is 0 Å². The van der Waals surface area contributed by atoms with E-state index in [1.54, 1.807) is 0 Å². The van der Waals surface area contributed by atoms with Gasteiger partial charge in [0.1, 0.15) is 20.2 Å². The highest BCUT2D eigenvalue weighted by molar-refractivity contribution is 6.41. The first-order valence-corrected chi connectivity index (χ1v) is 7.64. The molecule has 0 amide bonds. The van der Waals surface area contributed by atoms with Crippen molar-refractivity contribution in [1.29, 1.82) is 0 Å². The third-order valence-electron chi connectivity index (χ3n) is 1.40. The molecule has 0 radical (unpaired) electrons. The van der Waals surface area contributed by atoms with Crippen LogP contribution in [0.4, 0.5) is 0 Å². The minimum atomic E-state index is -0.514. The average molecular weight is 206 g/mol. The third kappa shape index (κ3) is 10.3. The summed E-state index contributed by atoms with van der Waals surface area (Å²) in [5.74, 6) is 0. The molecule has 0 saturated carbocycles. The first-order chi connectivity index (χ1) is 5.41. The van der Waals surface area contributed by atoms with Crippen molar-refractivity contribution >= 4 is 30.3 Å². The molecule has 11 heavy (non-hydrogen) atoms. The summed E-state index contributed by atoms with van der Waals surface area (Å²) in [7, 11) is 0.138. The molecule has 0 spiro atoms. The van der Waals surface area contributed by atoms with Crippen LogP contribution in [-0.4, -0.2) is 30.3 Å². The summed E-state index contributed by atoms with van der Waals surface area (Å²) in [6.45, 7) is 3.68. The van der Waals surface area contributed by atoms with Crippen LogP contribution in [0.5, 0.6) is 0 Å². The quantitative estimate of drug-likeness (QED) is 0.293. The Balaban J connectivity index is 2.74. The summed E-state index contributed by atoms with van der Waals surface area (Å²) in [5, 5.41) is 0. The fourth-order valence-electron chi connectivity index (χ4n) is 0.812. The van der Waals surface area contributed by atoms with Crippen LogP contribution >= 0.6 is 0 Å². The Morgan fingerprint density at radius 2 is 2.27 bits per heavy atom. The van der Waals surface area contributed by atoms with E-state index in [1.807, 2.05) is 6.08 Å². The molecule has 0 N–H and O–H groups in total.